The molecule has 0 aromatic carbocycles. The molecule has 1 unspecified atom stereocenters. The predicted octanol–water partition coefficient (Wildman–Crippen LogP) is 1.27. The second-order valence-corrected chi connectivity index (χ2v) is 4.59. The smallest absolute Gasteiger partial charge is 0.203 e. The van der Waals surface area contributed by atoms with Crippen molar-refractivity contribution in [2.75, 3.05) is 19.8 Å². The molecule has 18 heavy (non-hydrogen) atoms. The van der Waals surface area contributed by atoms with Crippen LogP contribution in [-0.2, 0) is 11.3 Å². The van der Waals surface area contributed by atoms with Crippen LogP contribution in [0.25, 0.3) is 0 Å². The highest BCUT2D eigenvalue weighted by atomic mass is 16.5. The Labute approximate surface area is 107 Å². The van der Waals surface area contributed by atoms with Crippen LogP contribution in [0.3, 0.4) is 0 Å². The Balaban J connectivity index is 2.11. The van der Waals surface area contributed by atoms with Crippen molar-refractivity contribution in [2.45, 2.75) is 26.5 Å². The molecule has 1 atom stereocenters. The van der Waals surface area contributed by atoms with Gasteiger partial charge in [0, 0.05) is 13.2 Å². The molecule has 0 radical (unpaired) electrons. The van der Waals surface area contributed by atoms with Crippen LogP contribution in [-0.4, -0.2) is 31.0 Å². The molecule has 0 saturated heterocycles. The molecule has 1 aromatic heterocycles. The number of aliphatic hydroxyl groups is 1. The first-order chi connectivity index (χ1) is 8.61. The molecule has 5 heteroatoms. The lowest BCUT2D eigenvalue weighted by molar-refractivity contribution is 0.0259. The Morgan fingerprint density at radius 2 is 2.22 bits per heavy atom. The zero-order chi connectivity index (χ0) is 13.4. The van der Waals surface area contributed by atoms with Gasteiger partial charge in [0.1, 0.15) is 11.8 Å². The lowest BCUT2D eigenvalue weighted by atomic mass is 10.2. The average molecular weight is 252 g/mol. The highest BCUT2D eigenvalue weighted by molar-refractivity contribution is 5.18. The first-order valence-electron chi connectivity index (χ1n) is 6.07. The minimum Gasteiger partial charge on any atom is -0.449 e. The maximum Gasteiger partial charge on any atom is 0.203 e. The summed E-state index contributed by atoms with van der Waals surface area (Å²) in [6.45, 7) is 6.03. The van der Waals surface area contributed by atoms with Crippen molar-refractivity contribution < 1.29 is 14.3 Å². The van der Waals surface area contributed by atoms with Crippen molar-refractivity contribution in [3.63, 3.8) is 0 Å². The van der Waals surface area contributed by atoms with Crippen molar-refractivity contribution >= 4 is 0 Å². The summed E-state index contributed by atoms with van der Waals surface area (Å²) in [6, 6.07) is 5.29. The number of rotatable bonds is 8. The van der Waals surface area contributed by atoms with E-state index in [1.54, 1.807) is 12.1 Å². The Morgan fingerprint density at radius 3 is 2.83 bits per heavy atom. The molecule has 0 bridgehead atoms. The second kappa shape index (κ2) is 7.88. The van der Waals surface area contributed by atoms with Gasteiger partial charge in [-0.1, -0.05) is 13.8 Å². The fourth-order valence-electron chi connectivity index (χ4n) is 1.39. The Hall–Kier alpha value is -1.35. The predicted molar refractivity (Wildman–Crippen MR) is 66.8 cm³/mol. The number of nitriles is 1. The van der Waals surface area contributed by atoms with Gasteiger partial charge in [-0.15, -0.1) is 0 Å². The first-order valence-corrected chi connectivity index (χ1v) is 6.07. The van der Waals surface area contributed by atoms with E-state index in [1.165, 1.54) is 0 Å². The zero-order valence-electron chi connectivity index (χ0n) is 10.8. The van der Waals surface area contributed by atoms with Gasteiger partial charge in [-0.3, -0.25) is 0 Å². The van der Waals surface area contributed by atoms with Gasteiger partial charge in [-0.05, 0) is 18.1 Å². The van der Waals surface area contributed by atoms with Gasteiger partial charge in [0.15, 0.2) is 0 Å². The van der Waals surface area contributed by atoms with E-state index in [9.17, 15) is 5.11 Å². The molecule has 1 heterocycles. The van der Waals surface area contributed by atoms with Crippen LogP contribution in [0.2, 0.25) is 0 Å². The molecule has 2 N–H and O–H groups in total. The SMILES string of the molecule is CC(C)COCC(O)CNCc1ccc(C#N)o1. The molecule has 0 amide bonds. The van der Waals surface area contributed by atoms with Crippen LogP contribution in [0.5, 0.6) is 0 Å². The highest BCUT2D eigenvalue weighted by Crippen LogP contribution is 2.05. The molecule has 0 spiro atoms. The van der Waals surface area contributed by atoms with E-state index >= 15 is 0 Å². The number of nitrogens with one attached hydrogen (secondary N) is 1. The Morgan fingerprint density at radius 1 is 1.44 bits per heavy atom. The Kier molecular flexibility index (Phi) is 6.44. The number of hydrogen-bond donors (Lipinski definition) is 2. The minimum atomic E-state index is -0.533. The van der Waals surface area contributed by atoms with Gasteiger partial charge >= 0.3 is 0 Å². The van der Waals surface area contributed by atoms with Crippen LogP contribution in [0.15, 0.2) is 16.5 Å². The molecule has 0 aliphatic heterocycles. The summed E-state index contributed by atoms with van der Waals surface area (Å²) in [5, 5.41) is 21.3. The van der Waals surface area contributed by atoms with E-state index in [1.807, 2.05) is 6.07 Å². The van der Waals surface area contributed by atoms with Crippen molar-refractivity contribution in [3.8, 4) is 6.07 Å². The van der Waals surface area contributed by atoms with E-state index in [2.05, 4.69) is 19.2 Å². The third-order valence-corrected chi connectivity index (χ3v) is 2.21. The fourth-order valence-corrected chi connectivity index (χ4v) is 1.39. The second-order valence-electron chi connectivity index (χ2n) is 4.59. The van der Waals surface area contributed by atoms with Gasteiger partial charge in [0.25, 0.3) is 0 Å². The molecule has 0 saturated carbocycles. The number of ether oxygens (including phenoxy) is 1. The topological polar surface area (TPSA) is 78.4 Å². The third kappa shape index (κ3) is 5.82. The summed E-state index contributed by atoms with van der Waals surface area (Å²) >= 11 is 0. The van der Waals surface area contributed by atoms with Crippen molar-refractivity contribution in [1.82, 2.24) is 5.32 Å². The maximum absolute atomic E-state index is 9.62. The Bertz CT molecular complexity index is 382. The summed E-state index contributed by atoms with van der Waals surface area (Å²) in [5.74, 6) is 1.45. The van der Waals surface area contributed by atoms with Gasteiger partial charge in [-0.25, -0.2) is 0 Å². The quantitative estimate of drug-likeness (QED) is 0.728. The number of nitrogens with zero attached hydrogens (tertiary/aromatic N) is 1. The zero-order valence-corrected chi connectivity index (χ0v) is 10.8. The largest absolute Gasteiger partial charge is 0.449 e. The summed E-state index contributed by atoms with van der Waals surface area (Å²) in [4.78, 5) is 0. The molecule has 0 fully saturated rings. The molecule has 100 valence electrons. The lowest BCUT2D eigenvalue weighted by Gasteiger charge is -2.12. The van der Waals surface area contributed by atoms with Crippen LogP contribution in [0.1, 0.15) is 25.4 Å². The van der Waals surface area contributed by atoms with E-state index < -0.39 is 6.10 Å². The molecule has 0 aliphatic carbocycles. The number of furan rings is 1. The fraction of sp³-hybridized carbons (Fsp3) is 0.615. The van der Waals surface area contributed by atoms with Gasteiger partial charge < -0.3 is 19.6 Å². The maximum atomic E-state index is 9.62. The number of hydrogen-bond acceptors (Lipinski definition) is 5. The normalized spacial score (nSPS) is 12.6. The molecule has 5 nitrogen and oxygen atoms in total. The van der Waals surface area contributed by atoms with Crippen molar-refractivity contribution in [3.05, 3.63) is 23.7 Å². The summed E-state index contributed by atoms with van der Waals surface area (Å²) < 4.78 is 10.5. The standard InChI is InChI=1S/C13H20N2O3/c1-10(2)8-17-9-11(16)6-15-7-13-4-3-12(5-14)18-13/h3-4,10-11,15-16H,6-9H2,1-2H3. The van der Waals surface area contributed by atoms with Crippen LogP contribution in [0, 0.1) is 17.2 Å². The summed E-state index contributed by atoms with van der Waals surface area (Å²) in [6.07, 6.45) is -0.533. The summed E-state index contributed by atoms with van der Waals surface area (Å²) in [7, 11) is 0. The van der Waals surface area contributed by atoms with E-state index in [0.29, 0.717) is 43.7 Å². The van der Waals surface area contributed by atoms with Crippen molar-refractivity contribution in [1.29, 1.82) is 5.26 Å². The minimum absolute atomic E-state index is 0.299. The van der Waals surface area contributed by atoms with Gasteiger partial charge in [0.2, 0.25) is 5.76 Å². The average Bonchev–Trinajstić information content (AvgIpc) is 2.76. The van der Waals surface area contributed by atoms with E-state index in [4.69, 9.17) is 14.4 Å². The molecular weight excluding hydrogens is 232 g/mol. The van der Waals surface area contributed by atoms with Crippen molar-refractivity contribution in [2.24, 2.45) is 5.92 Å². The third-order valence-electron chi connectivity index (χ3n) is 2.21. The lowest BCUT2D eigenvalue weighted by Crippen LogP contribution is -2.30. The monoisotopic (exact) mass is 252 g/mol. The highest BCUT2D eigenvalue weighted by Gasteiger charge is 2.06. The number of aliphatic hydroxyl groups excluding tert-OH is 1. The van der Waals surface area contributed by atoms with E-state index in [0.717, 1.165) is 0 Å². The van der Waals surface area contributed by atoms with Gasteiger partial charge in [0.05, 0.1) is 19.3 Å². The van der Waals surface area contributed by atoms with Crippen LogP contribution < -0.4 is 5.32 Å². The van der Waals surface area contributed by atoms with Crippen LogP contribution >= 0.6 is 0 Å². The van der Waals surface area contributed by atoms with E-state index in [-0.39, 0.29) is 0 Å². The first kappa shape index (κ1) is 14.7. The van der Waals surface area contributed by atoms with Crippen LogP contribution in [0.4, 0.5) is 0 Å². The molecule has 1 rings (SSSR count). The summed E-state index contributed by atoms with van der Waals surface area (Å²) in [5.41, 5.74) is 0. The van der Waals surface area contributed by atoms with Gasteiger partial charge in [-0.2, -0.15) is 5.26 Å². The molecule has 0 aliphatic rings. The molecular formula is C13H20N2O3. The molecule has 1 aromatic rings.